The Kier molecular flexibility index (Phi) is 14.3. The van der Waals surface area contributed by atoms with E-state index in [0.29, 0.717) is 18.4 Å². The molecule has 8 nitrogen and oxygen atoms in total. The van der Waals surface area contributed by atoms with Crippen LogP contribution in [-0.2, 0) is 30.3 Å². The largest absolute Gasteiger partial charge is 0.455 e. The Balaban J connectivity index is 2.14. The number of hydrogen-bond donors (Lipinski definition) is 3. The second kappa shape index (κ2) is 17.7. The van der Waals surface area contributed by atoms with Crippen LogP contribution in [0.4, 0.5) is 0 Å². The van der Waals surface area contributed by atoms with Gasteiger partial charge in [0.05, 0.1) is 31.2 Å². The van der Waals surface area contributed by atoms with Crippen molar-refractivity contribution in [1.29, 1.82) is 0 Å². The number of nitrogens with one attached hydrogen (secondary N) is 2. The Morgan fingerprint density at radius 1 is 0.974 bits per heavy atom. The molecule has 0 aliphatic rings. The third kappa shape index (κ3) is 11.3. The third-order valence-electron chi connectivity index (χ3n) is 6.14. The first-order valence-electron chi connectivity index (χ1n) is 13.1. The van der Waals surface area contributed by atoms with Crippen molar-refractivity contribution in [3.8, 4) is 0 Å². The zero-order valence-corrected chi connectivity index (χ0v) is 22.6. The lowest BCUT2D eigenvalue weighted by Gasteiger charge is -2.29. The molecule has 0 heterocycles. The van der Waals surface area contributed by atoms with E-state index in [1.54, 1.807) is 12.2 Å². The minimum atomic E-state index is -0.796. The number of hydrogen-bond acceptors (Lipinski definition) is 6. The molecule has 2 rings (SSSR count). The second-order valence-electron chi connectivity index (χ2n) is 9.28. The van der Waals surface area contributed by atoms with E-state index in [-0.39, 0.29) is 38.4 Å². The summed E-state index contributed by atoms with van der Waals surface area (Å²) in [5, 5.41) is 15.5. The fourth-order valence-electron chi connectivity index (χ4n) is 4.19. The molecule has 2 aromatic rings. The summed E-state index contributed by atoms with van der Waals surface area (Å²) in [5.41, 5.74) is 1.69. The number of aliphatic hydroxyl groups is 1. The molecule has 8 heteroatoms. The summed E-state index contributed by atoms with van der Waals surface area (Å²) in [7, 11) is 1.50. The SMILES string of the molecule is C=CCCC(=O)OC(c1ccccc1)C(COC)NC(=O)C(CC=C)CC(=O)NC(CO)Cc1ccccc1. The van der Waals surface area contributed by atoms with Crippen molar-refractivity contribution in [2.75, 3.05) is 20.3 Å². The minimum absolute atomic E-state index is 0.0801. The lowest BCUT2D eigenvalue weighted by atomic mass is 9.97. The van der Waals surface area contributed by atoms with E-state index in [9.17, 15) is 19.5 Å². The maximum Gasteiger partial charge on any atom is 0.306 e. The van der Waals surface area contributed by atoms with E-state index in [0.717, 1.165) is 5.56 Å². The molecule has 0 aliphatic carbocycles. The predicted octanol–water partition coefficient (Wildman–Crippen LogP) is 3.67. The summed E-state index contributed by atoms with van der Waals surface area (Å²) in [4.78, 5) is 38.8. The molecule has 210 valence electrons. The van der Waals surface area contributed by atoms with Gasteiger partial charge >= 0.3 is 5.97 Å². The molecule has 0 spiro atoms. The lowest BCUT2D eigenvalue weighted by molar-refractivity contribution is -0.153. The monoisotopic (exact) mass is 536 g/mol. The maximum atomic E-state index is 13.4. The number of rotatable bonds is 18. The fraction of sp³-hybridized carbons (Fsp3) is 0.387. The van der Waals surface area contributed by atoms with Crippen molar-refractivity contribution in [2.24, 2.45) is 5.92 Å². The van der Waals surface area contributed by atoms with E-state index in [1.807, 2.05) is 60.7 Å². The van der Waals surface area contributed by atoms with Crippen molar-refractivity contribution >= 4 is 17.8 Å². The number of ether oxygens (including phenoxy) is 2. The molecule has 0 saturated heterocycles. The maximum absolute atomic E-state index is 13.4. The Labute approximate surface area is 231 Å². The molecule has 0 radical (unpaired) electrons. The summed E-state index contributed by atoms with van der Waals surface area (Å²) in [6.07, 6.45) is 3.68. The Morgan fingerprint density at radius 2 is 1.64 bits per heavy atom. The van der Waals surface area contributed by atoms with Crippen LogP contribution in [0, 0.1) is 5.92 Å². The quantitative estimate of drug-likeness (QED) is 0.198. The Bertz CT molecular complexity index is 1040. The Morgan fingerprint density at radius 3 is 2.23 bits per heavy atom. The first-order chi connectivity index (χ1) is 18.9. The van der Waals surface area contributed by atoms with Gasteiger partial charge in [-0.25, -0.2) is 0 Å². The van der Waals surface area contributed by atoms with Crippen LogP contribution in [0.5, 0.6) is 0 Å². The average molecular weight is 537 g/mol. The van der Waals surface area contributed by atoms with Crippen molar-refractivity contribution in [1.82, 2.24) is 10.6 Å². The first-order valence-corrected chi connectivity index (χ1v) is 13.1. The first kappa shape index (κ1) is 31.5. The second-order valence-corrected chi connectivity index (χ2v) is 9.28. The van der Waals surface area contributed by atoms with Gasteiger partial charge in [0.25, 0.3) is 0 Å². The normalized spacial score (nSPS) is 13.8. The number of esters is 1. The van der Waals surface area contributed by atoms with Gasteiger partial charge in [0.15, 0.2) is 0 Å². The standard InChI is InChI=1S/C31H40N2O6/c1-4-6-18-29(36)39-30(24-16-11-8-12-17-24)27(22-38-3)33-31(37)25(13-5-2)20-28(35)32-26(21-34)19-23-14-9-7-10-15-23/h4-5,7-12,14-17,25-27,30,34H,1-2,6,13,18-22H2,3H3,(H,32,35)(H,33,37). The topological polar surface area (TPSA) is 114 Å². The van der Waals surface area contributed by atoms with Gasteiger partial charge in [0, 0.05) is 20.0 Å². The Hall–Kier alpha value is -3.75. The van der Waals surface area contributed by atoms with Gasteiger partial charge in [0.2, 0.25) is 11.8 Å². The van der Waals surface area contributed by atoms with Gasteiger partial charge < -0.3 is 25.2 Å². The molecule has 2 amide bonds. The molecular weight excluding hydrogens is 496 g/mol. The summed E-state index contributed by atoms with van der Waals surface area (Å²) >= 11 is 0. The molecule has 4 unspecified atom stereocenters. The summed E-state index contributed by atoms with van der Waals surface area (Å²) in [6, 6.07) is 17.5. The van der Waals surface area contributed by atoms with Crippen LogP contribution in [0.2, 0.25) is 0 Å². The highest BCUT2D eigenvalue weighted by molar-refractivity contribution is 5.86. The number of methoxy groups -OCH3 is 1. The van der Waals surface area contributed by atoms with Crippen LogP contribution >= 0.6 is 0 Å². The molecule has 0 fully saturated rings. The zero-order valence-electron chi connectivity index (χ0n) is 22.6. The molecule has 0 aliphatic heterocycles. The number of benzene rings is 2. The highest BCUT2D eigenvalue weighted by Gasteiger charge is 2.31. The van der Waals surface area contributed by atoms with Gasteiger partial charge in [-0.2, -0.15) is 0 Å². The lowest BCUT2D eigenvalue weighted by Crippen LogP contribution is -2.47. The van der Waals surface area contributed by atoms with Gasteiger partial charge in [0.1, 0.15) is 6.10 Å². The van der Waals surface area contributed by atoms with Crippen molar-refractivity contribution in [3.05, 3.63) is 97.1 Å². The van der Waals surface area contributed by atoms with Crippen molar-refractivity contribution < 1.29 is 29.0 Å². The highest BCUT2D eigenvalue weighted by atomic mass is 16.5. The molecule has 39 heavy (non-hydrogen) atoms. The molecule has 0 saturated carbocycles. The molecule has 2 aromatic carbocycles. The number of aliphatic hydroxyl groups excluding tert-OH is 1. The van der Waals surface area contributed by atoms with Gasteiger partial charge in [-0.15, -0.1) is 13.2 Å². The van der Waals surface area contributed by atoms with Crippen LogP contribution in [0.3, 0.4) is 0 Å². The third-order valence-corrected chi connectivity index (χ3v) is 6.14. The van der Waals surface area contributed by atoms with Crippen molar-refractivity contribution in [2.45, 2.75) is 50.3 Å². The number of carbonyl (C=O) groups is 3. The zero-order chi connectivity index (χ0) is 28.5. The van der Waals surface area contributed by atoms with E-state index >= 15 is 0 Å². The molecular formula is C31H40N2O6. The number of allylic oxidation sites excluding steroid dienone is 2. The highest BCUT2D eigenvalue weighted by Crippen LogP contribution is 2.24. The minimum Gasteiger partial charge on any atom is -0.455 e. The van der Waals surface area contributed by atoms with E-state index in [2.05, 4.69) is 23.8 Å². The van der Waals surface area contributed by atoms with Gasteiger partial charge in [-0.3, -0.25) is 14.4 Å². The van der Waals surface area contributed by atoms with Crippen LogP contribution in [0.25, 0.3) is 0 Å². The van der Waals surface area contributed by atoms with Crippen molar-refractivity contribution in [3.63, 3.8) is 0 Å². The summed E-state index contributed by atoms with van der Waals surface area (Å²) < 4.78 is 11.2. The fourth-order valence-corrected chi connectivity index (χ4v) is 4.19. The summed E-state index contributed by atoms with van der Waals surface area (Å²) in [6.45, 7) is 7.22. The molecule has 0 aromatic heterocycles. The van der Waals surface area contributed by atoms with Crippen LogP contribution < -0.4 is 10.6 Å². The van der Waals surface area contributed by atoms with Crippen LogP contribution in [0.15, 0.2) is 86.0 Å². The smallest absolute Gasteiger partial charge is 0.306 e. The van der Waals surface area contributed by atoms with Gasteiger partial charge in [-0.1, -0.05) is 72.8 Å². The van der Waals surface area contributed by atoms with E-state index in [1.165, 1.54) is 7.11 Å². The summed E-state index contributed by atoms with van der Waals surface area (Å²) in [5.74, 6) is -1.88. The van der Waals surface area contributed by atoms with E-state index < -0.39 is 36.0 Å². The molecule has 4 atom stereocenters. The average Bonchev–Trinajstić information content (AvgIpc) is 2.95. The predicted molar refractivity (Wildman–Crippen MR) is 151 cm³/mol. The van der Waals surface area contributed by atoms with E-state index in [4.69, 9.17) is 9.47 Å². The van der Waals surface area contributed by atoms with Crippen LogP contribution in [0.1, 0.15) is 42.9 Å². The number of amides is 2. The van der Waals surface area contributed by atoms with Gasteiger partial charge in [-0.05, 0) is 30.4 Å². The van der Waals surface area contributed by atoms with Crippen LogP contribution in [-0.4, -0.2) is 55.3 Å². The number of carbonyl (C=O) groups excluding carboxylic acids is 3. The molecule has 3 N–H and O–H groups in total. The molecule has 0 bridgehead atoms.